The molecule has 0 radical (unpaired) electrons. The van der Waals surface area contributed by atoms with Crippen LogP contribution in [0, 0.1) is 12.8 Å². The summed E-state index contributed by atoms with van der Waals surface area (Å²) in [7, 11) is 0. The number of anilines is 2. The zero-order chi connectivity index (χ0) is 21.8. The molecule has 3 N–H and O–H groups in total. The summed E-state index contributed by atoms with van der Waals surface area (Å²) in [5.74, 6) is 0.0344. The monoisotopic (exact) mass is 410 g/mol. The van der Waals surface area contributed by atoms with Crippen LogP contribution in [0.25, 0.3) is 6.08 Å². The van der Waals surface area contributed by atoms with E-state index < -0.39 is 0 Å². The summed E-state index contributed by atoms with van der Waals surface area (Å²) in [5, 5.41) is 2.83. The fourth-order valence-corrected chi connectivity index (χ4v) is 3.93. The van der Waals surface area contributed by atoms with Crippen molar-refractivity contribution in [2.45, 2.75) is 26.2 Å². The van der Waals surface area contributed by atoms with Crippen LogP contribution in [0.1, 0.15) is 39.9 Å². The topological polar surface area (TPSA) is 72.2 Å². The Labute approximate surface area is 182 Å². The third-order valence-electron chi connectivity index (χ3n) is 5.77. The minimum Gasteiger partial charge on any atom is -0.397 e. The maximum atomic E-state index is 12.8. The van der Waals surface area contributed by atoms with Gasteiger partial charge in [0.05, 0.1) is 11.4 Å². The van der Waals surface area contributed by atoms with Crippen molar-refractivity contribution in [1.29, 1.82) is 0 Å². The Bertz CT molecular complexity index is 1130. The smallest absolute Gasteiger partial charge is 0.255 e. The normalized spacial score (nSPS) is 17.1. The molecule has 0 saturated heterocycles. The third kappa shape index (κ3) is 4.92. The van der Waals surface area contributed by atoms with Crippen LogP contribution in [0.5, 0.6) is 0 Å². The van der Waals surface area contributed by atoms with Gasteiger partial charge in [-0.3, -0.25) is 9.59 Å². The second-order valence-electron chi connectivity index (χ2n) is 8.12. The molecule has 1 aliphatic rings. The van der Waals surface area contributed by atoms with Crippen LogP contribution >= 0.6 is 0 Å². The van der Waals surface area contributed by atoms with Gasteiger partial charge >= 0.3 is 0 Å². The average Bonchev–Trinajstić information content (AvgIpc) is 3.11. The number of hydrogen-bond acceptors (Lipinski definition) is 3. The van der Waals surface area contributed by atoms with E-state index in [-0.39, 0.29) is 17.6 Å². The quantitative estimate of drug-likeness (QED) is 0.435. The van der Waals surface area contributed by atoms with Gasteiger partial charge in [0.15, 0.2) is 5.78 Å². The number of nitrogens with two attached hydrogens (primary N) is 1. The largest absolute Gasteiger partial charge is 0.397 e. The minimum absolute atomic E-state index is 0.000456. The molecule has 1 saturated carbocycles. The molecule has 3 aromatic rings. The van der Waals surface area contributed by atoms with Gasteiger partial charge in [-0.05, 0) is 73.2 Å². The van der Waals surface area contributed by atoms with E-state index in [1.165, 1.54) is 5.56 Å². The van der Waals surface area contributed by atoms with E-state index in [4.69, 9.17) is 5.73 Å². The summed E-state index contributed by atoms with van der Waals surface area (Å²) in [4.78, 5) is 25.3. The molecule has 4 heteroatoms. The van der Waals surface area contributed by atoms with E-state index in [0.717, 1.165) is 29.5 Å². The van der Waals surface area contributed by atoms with Crippen molar-refractivity contribution < 1.29 is 9.59 Å². The summed E-state index contributed by atoms with van der Waals surface area (Å²) in [5.41, 5.74) is 11.8. The third-order valence-corrected chi connectivity index (χ3v) is 5.77. The molecule has 1 unspecified atom stereocenters. The van der Waals surface area contributed by atoms with Crippen molar-refractivity contribution in [1.82, 2.24) is 0 Å². The summed E-state index contributed by atoms with van der Waals surface area (Å²) in [6.45, 7) is 2.06. The van der Waals surface area contributed by atoms with E-state index in [0.29, 0.717) is 23.4 Å². The van der Waals surface area contributed by atoms with Crippen LogP contribution in [-0.2, 0) is 11.2 Å². The molecule has 1 amide bonds. The summed E-state index contributed by atoms with van der Waals surface area (Å²) < 4.78 is 0. The fraction of sp³-hybridized carbons (Fsp3) is 0.185. The van der Waals surface area contributed by atoms with E-state index >= 15 is 0 Å². The van der Waals surface area contributed by atoms with E-state index in [1.54, 1.807) is 24.3 Å². The minimum atomic E-state index is -0.204. The highest BCUT2D eigenvalue weighted by Crippen LogP contribution is 2.31. The van der Waals surface area contributed by atoms with Crippen LogP contribution in [0.15, 0.2) is 78.4 Å². The number of carbonyl (C=O) groups is 2. The van der Waals surface area contributed by atoms with E-state index in [2.05, 4.69) is 36.5 Å². The van der Waals surface area contributed by atoms with E-state index in [1.807, 2.05) is 30.3 Å². The molecule has 31 heavy (non-hydrogen) atoms. The maximum Gasteiger partial charge on any atom is 0.255 e. The van der Waals surface area contributed by atoms with Gasteiger partial charge in [-0.1, -0.05) is 54.1 Å². The number of nitrogen functional groups attached to an aromatic ring is 1. The number of nitrogens with one attached hydrogen (secondary N) is 1. The van der Waals surface area contributed by atoms with Crippen molar-refractivity contribution in [3.05, 3.63) is 101 Å². The SMILES string of the molecule is Cc1ccc(/C=C2\CCC(Cc3ccc(C(=O)Nc4ccccc4N)cc3)C2=O)cc1. The highest BCUT2D eigenvalue weighted by molar-refractivity contribution is 6.06. The fourth-order valence-electron chi connectivity index (χ4n) is 3.93. The predicted molar refractivity (Wildman–Crippen MR) is 126 cm³/mol. The second-order valence-corrected chi connectivity index (χ2v) is 8.12. The summed E-state index contributed by atoms with van der Waals surface area (Å²) >= 11 is 0. The van der Waals surface area contributed by atoms with Crippen LogP contribution in [0.2, 0.25) is 0 Å². The molecule has 3 aromatic carbocycles. The standard InChI is InChI=1S/C27H26N2O2/c1-18-6-8-19(9-7-18)16-22-14-15-23(26(22)30)17-20-10-12-21(13-11-20)27(31)29-25-5-3-2-4-24(25)28/h2-13,16,23H,14-15,17,28H2,1H3,(H,29,31)/b22-16+. The van der Waals surface area contributed by atoms with Crippen LogP contribution < -0.4 is 11.1 Å². The lowest BCUT2D eigenvalue weighted by molar-refractivity contribution is -0.117. The van der Waals surface area contributed by atoms with Gasteiger partial charge in [-0.15, -0.1) is 0 Å². The number of hydrogen-bond donors (Lipinski definition) is 2. The Balaban J connectivity index is 1.39. The molecule has 156 valence electrons. The number of amides is 1. The Morgan fingerprint density at radius 1 is 1.03 bits per heavy atom. The lowest BCUT2D eigenvalue weighted by Gasteiger charge is -2.10. The molecule has 4 nitrogen and oxygen atoms in total. The first kappa shape index (κ1) is 20.6. The molecular formula is C27H26N2O2. The van der Waals surface area contributed by atoms with Crippen molar-refractivity contribution in [2.24, 2.45) is 5.92 Å². The van der Waals surface area contributed by atoms with E-state index in [9.17, 15) is 9.59 Å². The lowest BCUT2D eigenvalue weighted by Crippen LogP contribution is -2.14. The number of para-hydroxylation sites is 2. The Hall–Kier alpha value is -3.66. The molecular weight excluding hydrogens is 384 g/mol. The number of ketones is 1. The summed E-state index contributed by atoms with van der Waals surface area (Å²) in [6, 6.07) is 22.9. The van der Waals surface area contributed by atoms with Gasteiger partial charge in [0, 0.05) is 11.5 Å². The molecule has 1 fully saturated rings. The molecule has 1 aliphatic carbocycles. The number of benzene rings is 3. The first-order valence-electron chi connectivity index (χ1n) is 10.6. The Kier molecular flexibility index (Phi) is 5.99. The Morgan fingerprint density at radius 2 is 1.74 bits per heavy atom. The molecule has 0 bridgehead atoms. The maximum absolute atomic E-state index is 12.8. The van der Waals surface area contributed by atoms with Crippen molar-refractivity contribution in [3.8, 4) is 0 Å². The van der Waals surface area contributed by atoms with Crippen molar-refractivity contribution in [3.63, 3.8) is 0 Å². The Morgan fingerprint density at radius 3 is 2.45 bits per heavy atom. The van der Waals surface area contributed by atoms with Gasteiger partial charge in [0.25, 0.3) is 5.91 Å². The van der Waals surface area contributed by atoms with Crippen LogP contribution in [-0.4, -0.2) is 11.7 Å². The molecule has 0 heterocycles. The van der Waals surface area contributed by atoms with Gasteiger partial charge in [0.1, 0.15) is 0 Å². The van der Waals surface area contributed by atoms with Crippen LogP contribution in [0.4, 0.5) is 11.4 Å². The number of Topliss-reactive ketones (excluding diaryl/α,β-unsaturated/α-hetero) is 1. The number of allylic oxidation sites excluding steroid dienone is 1. The van der Waals surface area contributed by atoms with Crippen LogP contribution in [0.3, 0.4) is 0 Å². The highest BCUT2D eigenvalue weighted by atomic mass is 16.1. The number of carbonyl (C=O) groups excluding carboxylic acids is 2. The zero-order valence-corrected chi connectivity index (χ0v) is 17.6. The molecule has 0 spiro atoms. The van der Waals surface area contributed by atoms with Gasteiger partial charge in [0.2, 0.25) is 0 Å². The van der Waals surface area contributed by atoms with Gasteiger partial charge in [-0.2, -0.15) is 0 Å². The first-order chi connectivity index (χ1) is 15.0. The van der Waals surface area contributed by atoms with Gasteiger partial charge < -0.3 is 11.1 Å². The van der Waals surface area contributed by atoms with Gasteiger partial charge in [-0.25, -0.2) is 0 Å². The number of rotatable bonds is 5. The first-order valence-corrected chi connectivity index (χ1v) is 10.6. The summed E-state index contributed by atoms with van der Waals surface area (Å²) in [6.07, 6.45) is 4.39. The molecule has 0 aliphatic heterocycles. The number of aryl methyl sites for hydroxylation is 1. The second kappa shape index (κ2) is 9.00. The predicted octanol–water partition coefficient (Wildman–Crippen LogP) is 5.43. The zero-order valence-electron chi connectivity index (χ0n) is 17.6. The molecule has 1 atom stereocenters. The molecule has 4 rings (SSSR count). The van der Waals surface area contributed by atoms with Crippen molar-refractivity contribution in [2.75, 3.05) is 11.1 Å². The average molecular weight is 411 g/mol. The highest BCUT2D eigenvalue weighted by Gasteiger charge is 2.29. The lowest BCUT2D eigenvalue weighted by atomic mass is 9.95. The van der Waals surface area contributed by atoms with Crippen molar-refractivity contribution >= 4 is 29.1 Å². The molecule has 0 aromatic heterocycles.